The van der Waals surface area contributed by atoms with Crippen molar-refractivity contribution in [1.82, 2.24) is 9.97 Å². The van der Waals surface area contributed by atoms with Crippen LogP contribution in [0.5, 0.6) is 0 Å². The number of rotatable bonds is 1. The van der Waals surface area contributed by atoms with E-state index in [0.717, 1.165) is 0 Å². The van der Waals surface area contributed by atoms with Crippen LogP contribution in [0.4, 0.5) is 5.69 Å². The lowest BCUT2D eigenvalue weighted by Crippen LogP contribution is -3.00. The van der Waals surface area contributed by atoms with Gasteiger partial charge in [-0.15, -0.1) is 0 Å². The van der Waals surface area contributed by atoms with Gasteiger partial charge in [-0.25, -0.2) is 9.97 Å². The first kappa shape index (κ1) is 12.9. The zero-order valence-electron chi connectivity index (χ0n) is 7.25. The molecule has 0 atom stereocenters. The summed E-state index contributed by atoms with van der Waals surface area (Å²) in [6.07, 6.45) is 1.35. The first-order valence-electron chi connectivity index (χ1n) is 3.77. The van der Waals surface area contributed by atoms with Crippen LogP contribution >= 0.6 is 23.2 Å². The summed E-state index contributed by atoms with van der Waals surface area (Å²) in [5.41, 5.74) is 1.68. The zero-order valence-corrected chi connectivity index (χ0v) is 10.9. The van der Waals surface area contributed by atoms with E-state index in [1.807, 2.05) is 0 Å². The Labute approximate surface area is 113 Å². The Hall–Kier alpha value is -0.210. The number of aromatic nitrogens is 2. The van der Waals surface area contributed by atoms with Gasteiger partial charge in [-0.05, 0) is 6.07 Å². The number of nitrogens with two attached hydrogens (primary N) is 1. The fourth-order valence-electron chi connectivity index (χ4n) is 1.15. The number of fused-ring (bicyclic) bond motifs is 1. The number of nitrogens with zero attached hydrogens (tertiary/aromatic N) is 2. The summed E-state index contributed by atoms with van der Waals surface area (Å²) < 4.78 is 0. The molecule has 0 amide bonds. The molecule has 0 aliphatic carbocycles. The largest absolute Gasteiger partial charge is 1.00 e. The molecule has 0 aliphatic rings. The van der Waals surface area contributed by atoms with Crippen LogP contribution in [0.15, 0.2) is 18.5 Å². The third-order valence-electron chi connectivity index (χ3n) is 1.83. The fourth-order valence-corrected chi connectivity index (χ4v) is 1.55. The van der Waals surface area contributed by atoms with Crippen LogP contribution in [-0.2, 0) is 0 Å². The van der Waals surface area contributed by atoms with Crippen LogP contribution in [0.1, 0.15) is 0 Å². The maximum atomic E-state index is 10.6. The van der Waals surface area contributed by atoms with E-state index in [0.29, 0.717) is 32.2 Å². The van der Waals surface area contributed by atoms with Gasteiger partial charge in [-0.1, -0.05) is 23.2 Å². The molecule has 15 heavy (non-hydrogen) atoms. The third-order valence-corrected chi connectivity index (χ3v) is 2.46. The van der Waals surface area contributed by atoms with Gasteiger partial charge in [-0.3, -0.25) is 0 Å². The highest BCUT2D eigenvalue weighted by Gasteiger charge is 2.07. The van der Waals surface area contributed by atoms with E-state index < -0.39 is 0 Å². The first-order valence-corrected chi connectivity index (χ1v) is 4.53. The number of halogens is 3. The number of hydrogen-bond acceptors (Lipinski definition) is 3. The van der Waals surface area contributed by atoms with Crippen molar-refractivity contribution in [2.75, 3.05) is 0 Å². The number of quaternary nitrogens is 1. The van der Waals surface area contributed by atoms with Gasteiger partial charge in [0.05, 0.1) is 5.52 Å². The van der Waals surface area contributed by atoms with Gasteiger partial charge in [0.25, 0.3) is 0 Å². The van der Waals surface area contributed by atoms with Crippen molar-refractivity contribution in [1.29, 1.82) is 0 Å². The Morgan fingerprint density at radius 1 is 1.20 bits per heavy atom. The predicted molar refractivity (Wildman–Crippen MR) is 54.5 cm³/mol. The molecule has 0 saturated carbocycles. The molecule has 0 unspecified atom stereocenters. The standard InChI is InChI=1S/C8H5Cl2N3O.HI/c9-5-2-6-4(1-7(5)13-14)8(10)12-3-11-6;/h1-3H,13H2;1H/p-1. The van der Waals surface area contributed by atoms with Crippen LogP contribution in [0.3, 0.4) is 0 Å². The molecule has 0 fully saturated rings. The lowest BCUT2D eigenvalue weighted by molar-refractivity contribution is -0.496. The minimum absolute atomic E-state index is 0. The quantitative estimate of drug-likeness (QED) is 0.297. The third kappa shape index (κ3) is 2.48. The van der Waals surface area contributed by atoms with Gasteiger partial charge < -0.3 is 34.7 Å². The van der Waals surface area contributed by atoms with Gasteiger partial charge >= 0.3 is 0 Å². The summed E-state index contributed by atoms with van der Waals surface area (Å²) in [5, 5.41) is 11.9. The second-order valence-corrected chi connectivity index (χ2v) is 3.44. The SMILES string of the molecule is [I-].[O-][NH2+]c1cc2c(Cl)ncnc2cc1Cl. The summed E-state index contributed by atoms with van der Waals surface area (Å²) in [7, 11) is 0. The van der Waals surface area contributed by atoms with E-state index in [-0.39, 0.29) is 24.0 Å². The summed E-state index contributed by atoms with van der Waals surface area (Å²) in [6.45, 7) is 0. The molecule has 4 nitrogen and oxygen atoms in total. The lowest BCUT2D eigenvalue weighted by atomic mass is 10.2. The predicted octanol–water partition coefficient (Wildman–Crippen LogP) is -1.37. The normalized spacial score (nSPS) is 10.1. The van der Waals surface area contributed by atoms with E-state index in [2.05, 4.69) is 9.97 Å². The monoisotopic (exact) mass is 356 g/mol. The molecular formula is C8H5Cl2IN3O-. The Balaban J connectivity index is 0.00000112. The van der Waals surface area contributed by atoms with E-state index >= 15 is 0 Å². The van der Waals surface area contributed by atoms with Crippen LogP contribution in [0.2, 0.25) is 10.2 Å². The van der Waals surface area contributed by atoms with Gasteiger partial charge in [0, 0.05) is 11.5 Å². The maximum absolute atomic E-state index is 10.6. The van der Waals surface area contributed by atoms with Crippen LogP contribution < -0.4 is 29.5 Å². The Bertz CT molecular complexity index is 495. The number of hydrogen-bond donors (Lipinski definition) is 1. The minimum Gasteiger partial charge on any atom is -1.00 e. The van der Waals surface area contributed by atoms with Crippen LogP contribution in [-0.4, -0.2) is 9.97 Å². The van der Waals surface area contributed by atoms with Crippen molar-refractivity contribution in [2.24, 2.45) is 0 Å². The maximum Gasteiger partial charge on any atom is 0.149 e. The molecule has 2 aromatic rings. The van der Waals surface area contributed by atoms with Gasteiger partial charge in [0.2, 0.25) is 0 Å². The van der Waals surface area contributed by atoms with Gasteiger partial charge in [0.1, 0.15) is 22.2 Å². The van der Waals surface area contributed by atoms with Crippen molar-refractivity contribution in [2.45, 2.75) is 0 Å². The summed E-state index contributed by atoms with van der Waals surface area (Å²) >= 11 is 11.6. The Morgan fingerprint density at radius 3 is 2.60 bits per heavy atom. The average Bonchev–Trinajstić information content (AvgIpc) is 2.17. The van der Waals surface area contributed by atoms with Crippen molar-refractivity contribution in [3.63, 3.8) is 0 Å². The first-order chi connectivity index (χ1) is 6.72. The van der Waals surface area contributed by atoms with E-state index in [1.165, 1.54) is 6.33 Å². The molecule has 1 aromatic carbocycles. The van der Waals surface area contributed by atoms with Crippen molar-refractivity contribution >= 4 is 39.8 Å². The highest BCUT2D eigenvalue weighted by atomic mass is 127. The summed E-state index contributed by atoms with van der Waals surface area (Å²) in [6, 6.07) is 3.17. The molecule has 0 bridgehead atoms. The fraction of sp³-hybridized carbons (Fsp3) is 0. The van der Waals surface area contributed by atoms with E-state index in [1.54, 1.807) is 12.1 Å². The molecule has 0 aliphatic heterocycles. The van der Waals surface area contributed by atoms with Crippen molar-refractivity contribution in [3.8, 4) is 0 Å². The van der Waals surface area contributed by atoms with E-state index in [9.17, 15) is 5.21 Å². The van der Waals surface area contributed by atoms with Crippen molar-refractivity contribution < 1.29 is 29.5 Å². The smallest absolute Gasteiger partial charge is 0.149 e. The Kier molecular flexibility index (Phi) is 4.47. The molecule has 0 radical (unpaired) electrons. The topological polar surface area (TPSA) is 65.5 Å². The summed E-state index contributed by atoms with van der Waals surface area (Å²) in [5.74, 6) is 0. The molecule has 0 spiro atoms. The molecule has 7 heteroatoms. The molecule has 1 heterocycles. The average molecular weight is 357 g/mol. The lowest BCUT2D eigenvalue weighted by Gasteiger charge is -2.05. The van der Waals surface area contributed by atoms with Gasteiger partial charge in [-0.2, -0.15) is 0 Å². The van der Waals surface area contributed by atoms with Crippen LogP contribution in [0, 0.1) is 5.21 Å². The minimum atomic E-state index is 0. The second kappa shape index (κ2) is 5.22. The molecule has 1 aromatic heterocycles. The zero-order chi connectivity index (χ0) is 10.1. The highest BCUT2D eigenvalue weighted by Crippen LogP contribution is 2.26. The van der Waals surface area contributed by atoms with E-state index in [4.69, 9.17) is 23.2 Å². The molecule has 2 rings (SSSR count). The molecular weight excluding hydrogens is 352 g/mol. The second-order valence-electron chi connectivity index (χ2n) is 2.67. The number of benzene rings is 1. The summed E-state index contributed by atoms with van der Waals surface area (Å²) in [4.78, 5) is 7.79. The molecule has 2 N–H and O–H groups in total. The Morgan fingerprint density at radius 2 is 1.93 bits per heavy atom. The van der Waals surface area contributed by atoms with Crippen molar-refractivity contribution in [3.05, 3.63) is 33.8 Å². The van der Waals surface area contributed by atoms with Gasteiger partial charge in [0.15, 0.2) is 0 Å². The van der Waals surface area contributed by atoms with Crippen LogP contribution in [0.25, 0.3) is 10.9 Å². The molecule has 0 saturated heterocycles. The highest BCUT2D eigenvalue weighted by molar-refractivity contribution is 6.36. The molecule has 80 valence electrons.